The fraction of sp³-hybridized carbons (Fsp3) is 0.550. The number of rotatable bonds is 4. The zero-order chi connectivity index (χ0) is 17.2. The zero-order valence-corrected chi connectivity index (χ0v) is 17.2. The van der Waals surface area contributed by atoms with E-state index in [1.165, 1.54) is 31.3 Å². The Kier molecular flexibility index (Phi) is 7.98. The number of piperidine rings is 1. The quantitative estimate of drug-likeness (QED) is 0.810. The van der Waals surface area contributed by atoms with Gasteiger partial charge in [0.2, 0.25) is 5.91 Å². The standard InChI is InChI=1S/C20H28N4O.2ClH/c21-18(13-15-14-22-19-6-2-1-5-17(15)19)20(25)24-11-7-16(8-12-24)23-9-3-4-10-23;;/h1-2,5-6,14,16,18,22H,3-4,7-13,21H2;2*1H/t18-;;/m0../s1. The topological polar surface area (TPSA) is 65.4 Å². The first kappa shape index (κ1) is 22.0. The number of nitrogens with two attached hydrogens (primary N) is 1. The molecule has 7 heteroatoms. The molecule has 2 aliphatic rings. The number of H-pyrrole nitrogens is 1. The van der Waals surface area contributed by atoms with E-state index in [0.717, 1.165) is 37.0 Å². The van der Waals surface area contributed by atoms with E-state index in [4.69, 9.17) is 5.73 Å². The van der Waals surface area contributed by atoms with E-state index in [2.05, 4.69) is 22.0 Å². The SMILES string of the molecule is Cl.Cl.N[C@@H](Cc1c[nH]c2ccccc12)C(=O)N1CCC(N2CCCC2)CC1. The van der Waals surface area contributed by atoms with Crippen molar-refractivity contribution >= 4 is 41.6 Å². The summed E-state index contributed by atoms with van der Waals surface area (Å²) in [5, 5.41) is 1.17. The van der Waals surface area contributed by atoms with Crippen LogP contribution in [0, 0.1) is 0 Å². The molecule has 1 aromatic carbocycles. The maximum Gasteiger partial charge on any atom is 0.239 e. The summed E-state index contributed by atoms with van der Waals surface area (Å²) in [5.74, 6) is 0.102. The van der Waals surface area contributed by atoms with Crippen molar-refractivity contribution in [2.75, 3.05) is 26.2 Å². The maximum absolute atomic E-state index is 12.8. The molecule has 0 unspecified atom stereocenters. The van der Waals surface area contributed by atoms with Gasteiger partial charge in [0.1, 0.15) is 0 Å². The van der Waals surface area contributed by atoms with Gasteiger partial charge in [-0.15, -0.1) is 24.8 Å². The Hall–Kier alpha value is -1.27. The van der Waals surface area contributed by atoms with Crippen molar-refractivity contribution in [2.24, 2.45) is 5.73 Å². The minimum atomic E-state index is -0.456. The van der Waals surface area contributed by atoms with Crippen molar-refractivity contribution in [1.29, 1.82) is 0 Å². The van der Waals surface area contributed by atoms with E-state index in [1.807, 2.05) is 23.2 Å². The van der Waals surface area contributed by atoms with Crippen LogP contribution in [-0.4, -0.2) is 59.0 Å². The highest BCUT2D eigenvalue weighted by molar-refractivity contribution is 5.86. The molecule has 3 heterocycles. The number of nitrogens with one attached hydrogen (secondary N) is 1. The number of carbonyl (C=O) groups is 1. The third-order valence-electron chi connectivity index (χ3n) is 5.87. The molecular weight excluding hydrogens is 383 g/mol. The molecule has 4 rings (SSSR count). The number of fused-ring (bicyclic) bond motifs is 1. The molecule has 0 aliphatic carbocycles. The third-order valence-corrected chi connectivity index (χ3v) is 5.87. The molecule has 1 aromatic heterocycles. The normalized spacial score (nSPS) is 19.5. The van der Waals surface area contributed by atoms with Crippen molar-refractivity contribution in [3.8, 4) is 0 Å². The molecule has 2 fully saturated rings. The number of carbonyl (C=O) groups excluding carboxylic acids is 1. The van der Waals surface area contributed by atoms with Gasteiger partial charge in [0.25, 0.3) is 0 Å². The van der Waals surface area contributed by atoms with Gasteiger partial charge in [0.05, 0.1) is 6.04 Å². The molecule has 3 N–H and O–H groups in total. The molecule has 150 valence electrons. The highest BCUT2D eigenvalue weighted by Gasteiger charge is 2.30. The van der Waals surface area contributed by atoms with Crippen LogP contribution in [0.2, 0.25) is 0 Å². The van der Waals surface area contributed by atoms with E-state index < -0.39 is 6.04 Å². The van der Waals surface area contributed by atoms with Crippen LogP contribution in [0.25, 0.3) is 10.9 Å². The summed E-state index contributed by atoms with van der Waals surface area (Å²) in [5.41, 5.74) is 8.50. The van der Waals surface area contributed by atoms with E-state index in [-0.39, 0.29) is 30.7 Å². The Morgan fingerprint density at radius 2 is 1.78 bits per heavy atom. The van der Waals surface area contributed by atoms with Gasteiger partial charge in [-0.25, -0.2) is 0 Å². The molecule has 2 aromatic rings. The largest absolute Gasteiger partial charge is 0.361 e. The van der Waals surface area contributed by atoms with Gasteiger partial charge < -0.3 is 20.5 Å². The average molecular weight is 413 g/mol. The number of aromatic amines is 1. The number of hydrogen-bond donors (Lipinski definition) is 2. The summed E-state index contributed by atoms with van der Waals surface area (Å²) >= 11 is 0. The second kappa shape index (κ2) is 9.78. The lowest BCUT2D eigenvalue weighted by atomic mass is 10.0. The molecule has 2 saturated heterocycles. The number of halogens is 2. The lowest BCUT2D eigenvalue weighted by molar-refractivity contribution is -0.134. The average Bonchev–Trinajstić information content (AvgIpc) is 3.32. The summed E-state index contributed by atoms with van der Waals surface area (Å²) < 4.78 is 0. The summed E-state index contributed by atoms with van der Waals surface area (Å²) in [4.78, 5) is 20.6. The highest BCUT2D eigenvalue weighted by Crippen LogP contribution is 2.22. The smallest absolute Gasteiger partial charge is 0.239 e. The van der Waals surface area contributed by atoms with Crippen LogP contribution in [0.4, 0.5) is 0 Å². The van der Waals surface area contributed by atoms with Crippen LogP contribution in [0.5, 0.6) is 0 Å². The molecule has 5 nitrogen and oxygen atoms in total. The number of likely N-dealkylation sites (tertiary alicyclic amines) is 2. The van der Waals surface area contributed by atoms with Crippen molar-refractivity contribution in [3.63, 3.8) is 0 Å². The van der Waals surface area contributed by atoms with Gasteiger partial charge in [-0.1, -0.05) is 18.2 Å². The van der Waals surface area contributed by atoms with Gasteiger partial charge >= 0.3 is 0 Å². The van der Waals surface area contributed by atoms with Crippen molar-refractivity contribution in [2.45, 2.75) is 44.2 Å². The molecule has 0 saturated carbocycles. The third kappa shape index (κ3) is 4.77. The molecule has 0 bridgehead atoms. The molecule has 0 radical (unpaired) electrons. The number of amides is 1. The fourth-order valence-corrected chi connectivity index (χ4v) is 4.42. The lowest BCUT2D eigenvalue weighted by Gasteiger charge is -2.37. The van der Waals surface area contributed by atoms with Gasteiger partial charge in [-0.2, -0.15) is 0 Å². The van der Waals surface area contributed by atoms with Crippen LogP contribution >= 0.6 is 24.8 Å². The number of nitrogens with zero attached hydrogens (tertiary/aromatic N) is 2. The summed E-state index contributed by atoms with van der Waals surface area (Å²) in [6.07, 6.45) is 7.41. The summed E-state index contributed by atoms with van der Waals surface area (Å²) in [6, 6.07) is 8.38. The maximum atomic E-state index is 12.8. The second-order valence-electron chi connectivity index (χ2n) is 7.47. The lowest BCUT2D eigenvalue weighted by Crippen LogP contribution is -2.51. The van der Waals surface area contributed by atoms with Gasteiger partial charge in [0, 0.05) is 36.2 Å². The summed E-state index contributed by atoms with van der Waals surface area (Å²) in [6.45, 7) is 4.17. The number of hydrogen-bond acceptors (Lipinski definition) is 3. The summed E-state index contributed by atoms with van der Waals surface area (Å²) in [7, 11) is 0. The van der Waals surface area contributed by atoms with Crippen LogP contribution in [0.3, 0.4) is 0 Å². The van der Waals surface area contributed by atoms with E-state index in [0.29, 0.717) is 12.5 Å². The first-order valence-electron chi connectivity index (χ1n) is 9.56. The number of para-hydroxylation sites is 1. The van der Waals surface area contributed by atoms with Crippen molar-refractivity contribution < 1.29 is 4.79 Å². The zero-order valence-electron chi connectivity index (χ0n) is 15.6. The molecule has 0 spiro atoms. The van der Waals surface area contributed by atoms with E-state index >= 15 is 0 Å². The monoisotopic (exact) mass is 412 g/mol. The number of benzene rings is 1. The minimum absolute atomic E-state index is 0. The van der Waals surface area contributed by atoms with Crippen molar-refractivity contribution in [1.82, 2.24) is 14.8 Å². The molecule has 1 amide bonds. The first-order chi connectivity index (χ1) is 12.2. The Balaban J connectivity index is 0.00000131. The van der Waals surface area contributed by atoms with Crippen LogP contribution < -0.4 is 5.73 Å². The second-order valence-corrected chi connectivity index (χ2v) is 7.47. The predicted octanol–water partition coefficient (Wildman–Crippen LogP) is 2.97. The minimum Gasteiger partial charge on any atom is -0.361 e. The Bertz CT molecular complexity index is 736. The van der Waals surface area contributed by atoms with Crippen LogP contribution in [0.1, 0.15) is 31.2 Å². The Morgan fingerprint density at radius 1 is 1.11 bits per heavy atom. The molecule has 1 atom stereocenters. The fourth-order valence-electron chi connectivity index (χ4n) is 4.42. The van der Waals surface area contributed by atoms with Gasteiger partial charge in [0.15, 0.2) is 0 Å². The van der Waals surface area contributed by atoms with Gasteiger partial charge in [-0.3, -0.25) is 4.79 Å². The van der Waals surface area contributed by atoms with Crippen LogP contribution in [0.15, 0.2) is 30.5 Å². The first-order valence-corrected chi connectivity index (χ1v) is 9.56. The van der Waals surface area contributed by atoms with Crippen molar-refractivity contribution in [3.05, 3.63) is 36.0 Å². The van der Waals surface area contributed by atoms with E-state index in [1.54, 1.807) is 0 Å². The Morgan fingerprint density at radius 3 is 2.48 bits per heavy atom. The molecule has 2 aliphatic heterocycles. The highest BCUT2D eigenvalue weighted by atomic mass is 35.5. The molecular formula is C20H30Cl2N4O. The Labute approximate surface area is 173 Å². The van der Waals surface area contributed by atoms with E-state index in [9.17, 15) is 4.79 Å². The van der Waals surface area contributed by atoms with Crippen LogP contribution in [-0.2, 0) is 11.2 Å². The molecule has 27 heavy (non-hydrogen) atoms. The van der Waals surface area contributed by atoms with Gasteiger partial charge in [-0.05, 0) is 56.8 Å². The predicted molar refractivity (Wildman–Crippen MR) is 115 cm³/mol. The number of aromatic nitrogens is 1.